The number of aryl methyl sites for hydroxylation is 1. The number of benzene rings is 1. The van der Waals surface area contributed by atoms with E-state index in [2.05, 4.69) is 29.7 Å². The van der Waals surface area contributed by atoms with Gasteiger partial charge < -0.3 is 5.11 Å². The van der Waals surface area contributed by atoms with Gasteiger partial charge in [0.1, 0.15) is 0 Å². The molecule has 0 spiro atoms. The van der Waals surface area contributed by atoms with E-state index < -0.39 is 0 Å². The predicted octanol–water partition coefficient (Wildman–Crippen LogP) is 2.25. The summed E-state index contributed by atoms with van der Waals surface area (Å²) >= 11 is 4.55. The highest BCUT2D eigenvalue weighted by molar-refractivity contribution is 7.78. The fraction of sp³-hybridized carbons (Fsp3) is 0.364. The van der Waals surface area contributed by atoms with Crippen LogP contribution in [0.15, 0.2) is 30.3 Å². The van der Waals surface area contributed by atoms with E-state index in [1.165, 1.54) is 5.56 Å². The molecule has 1 aromatic carbocycles. The van der Waals surface area contributed by atoms with Crippen LogP contribution in [0.4, 0.5) is 0 Å². The molecular weight excluding hydrogens is 180 g/mol. The lowest BCUT2D eigenvalue weighted by molar-refractivity contribution is 0.174. The van der Waals surface area contributed by atoms with Crippen molar-refractivity contribution in [3.05, 3.63) is 35.9 Å². The molecule has 0 heterocycles. The lowest BCUT2D eigenvalue weighted by Crippen LogP contribution is -2.07. The first-order valence-electron chi connectivity index (χ1n) is 4.40. The van der Waals surface area contributed by atoms with Crippen LogP contribution in [0.5, 0.6) is 0 Å². The number of aliphatic hydroxyl groups excluding tert-OH is 1. The Morgan fingerprint density at radius 3 is 2.62 bits per heavy atom. The van der Waals surface area contributed by atoms with Gasteiger partial charge in [0.2, 0.25) is 0 Å². The third kappa shape index (κ3) is 4.15. The second-order valence-electron chi connectivity index (χ2n) is 3.03. The van der Waals surface area contributed by atoms with Crippen LogP contribution in [-0.2, 0) is 6.42 Å². The molecule has 69 valence electrons. The van der Waals surface area contributed by atoms with E-state index in [4.69, 9.17) is 0 Å². The maximum absolute atomic E-state index is 9.38. The minimum Gasteiger partial charge on any atom is -0.393 e. The third-order valence-electron chi connectivity index (χ3n) is 1.93. The molecule has 0 aliphatic carbocycles. The maximum atomic E-state index is 9.38. The van der Waals surface area contributed by atoms with Gasteiger partial charge in [-0.05, 0) is 18.4 Å². The van der Waals surface area contributed by atoms with Crippen LogP contribution < -0.4 is 0 Å². The standard InChI is InChI=1S/C11H13OS/c12-11(8-9-13)7-6-10-4-2-1-3-5-10/h1-5,11-12H,6-8H2/t11-/m1/s1. The Hall–Kier alpha value is -0.730. The van der Waals surface area contributed by atoms with Gasteiger partial charge in [-0.25, -0.2) is 0 Å². The van der Waals surface area contributed by atoms with Crippen LogP contribution in [0, 0.1) is 0 Å². The quantitative estimate of drug-likeness (QED) is 0.724. The van der Waals surface area contributed by atoms with Crippen LogP contribution >= 0.6 is 12.2 Å². The van der Waals surface area contributed by atoms with Crippen molar-refractivity contribution in [3.8, 4) is 0 Å². The summed E-state index contributed by atoms with van der Waals surface area (Å²) < 4.78 is 0. The van der Waals surface area contributed by atoms with Crippen molar-refractivity contribution in [2.75, 3.05) is 0 Å². The topological polar surface area (TPSA) is 20.2 Å². The smallest absolute Gasteiger partial charge is 0.0592 e. The van der Waals surface area contributed by atoms with Gasteiger partial charge in [-0.1, -0.05) is 42.5 Å². The first-order valence-corrected chi connectivity index (χ1v) is 4.80. The molecule has 1 atom stereocenters. The molecule has 13 heavy (non-hydrogen) atoms. The van der Waals surface area contributed by atoms with Gasteiger partial charge in [0.15, 0.2) is 0 Å². The van der Waals surface area contributed by atoms with E-state index in [0.717, 1.165) is 12.8 Å². The first kappa shape index (κ1) is 10.4. The van der Waals surface area contributed by atoms with Gasteiger partial charge in [0.05, 0.1) is 6.10 Å². The second kappa shape index (κ2) is 5.84. The minimum atomic E-state index is -0.335. The van der Waals surface area contributed by atoms with Crippen molar-refractivity contribution in [1.82, 2.24) is 0 Å². The zero-order chi connectivity index (χ0) is 9.52. The molecule has 1 nitrogen and oxygen atoms in total. The molecule has 1 N–H and O–H groups in total. The van der Waals surface area contributed by atoms with E-state index >= 15 is 0 Å². The fourth-order valence-electron chi connectivity index (χ4n) is 1.18. The van der Waals surface area contributed by atoms with Crippen molar-refractivity contribution in [1.29, 1.82) is 0 Å². The van der Waals surface area contributed by atoms with Crippen LogP contribution in [0.1, 0.15) is 18.4 Å². The predicted molar refractivity (Wildman–Crippen MR) is 58.0 cm³/mol. The summed E-state index contributed by atoms with van der Waals surface area (Å²) in [7, 11) is 0. The Bertz CT molecular complexity index is 246. The zero-order valence-electron chi connectivity index (χ0n) is 7.44. The molecule has 0 amide bonds. The summed E-state index contributed by atoms with van der Waals surface area (Å²) in [5, 5.41) is 11.9. The SMILES string of the molecule is O[C@@H](C[C]=S)CCc1ccccc1. The maximum Gasteiger partial charge on any atom is 0.0592 e. The van der Waals surface area contributed by atoms with Crippen molar-refractivity contribution in [2.45, 2.75) is 25.4 Å². The highest BCUT2D eigenvalue weighted by Gasteiger charge is 2.01. The van der Waals surface area contributed by atoms with Gasteiger partial charge in [-0.15, -0.1) is 0 Å². The summed E-state index contributed by atoms with van der Waals surface area (Å²) in [6.07, 6.45) is 1.81. The van der Waals surface area contributed by atoms with E-state index in [-0.39, 0.29) is 6.10 Å². The van der Waals surface area contributed by atoms with Crippen molar-refractivity contribution < 1.29 is 5.11 Å². The highest BCUT2D eigenvalue weighted by Crippen LogP contribution is 2.06. The highest BCUT2D eigenvalue weighted by atomic mass is 32.1. The summed E-state index contributed by atoms with van der Waals surface area (Å²) in [5.41, 5.74) is 1.26. The Balaban J connectivity index is 2.30. The molecule has 0 saturated carbocycles. The van der Waals surface area contributed by atoms with Gasteiger partial charge in [-0.3, -0.25) is 0 Å². The number of thiocarbonyl (C=S) groups is 1. The monoisotopic (exact) mass is 193 g/mol. The van der Waals surface area contributed by atoms with Gasteiger partial charge >= 0.3 is 0 Å². The summed E-state index contributed by atoms with van der Waals surface area (Å²) in [4.78, 5) is 0. The molecule has 0 unspecified atom stereocenters. The molecule has 0 aliphatic rings. The Kier molecular flexibility index (Phi) is 4.65. The average molecular weight is 193 g/mol. The van der Waals surface area contributed by atoms with Crippen LogP contribution in [0.2, 0.25) is 0 Å². The molecule has 0 fully saturated rings. The summed E-state index contributed by atoms with van der Waals surface area (Å²) in [6, 6.07) is 10.1. The Morgan fingerprint density at radius 1 is 1.31 bits per heavy atom. The number of hydrogen-bond acceptors (Lipinski definition) is 2. The zero-order valence-corrected chi connectivity index (χ0v) is 8.26. The Morgan fingerprint density at radius 2 is 2.00 bits per heavy atom. The second-order valence-corrected chi connectivity index (χ2v) is 3.32. The summed E-state index contributed by atoms with van der Waals surface area (Å²) in [6.45, 7) is 0. The molecule has 0 bridgehead atoms. The van der Waals surface area contributed by atoms with Crippen molar-refractivity contribution >= 4 is 17.6 Å². The Labute approximate surface area is 84.4 Å². The molecular formula is C11H13OS. The molecule has 1 radical (unpaired) electrons. The third-order valence-corrected chi connectivity index (χ3v) is 2.09. The van der Waals surface area contributed by atoms with Gasteiger partial charge in [-0.2, -0.15) is 0 Å². The van der Waals surface area contributed by atoms with Crippen LogP contribution in [-0.4, -0.2) is 16.6 Å². The van der Waals surface area contributed by atoms with Crippen LogP contribution in [0.25, 0.3) is 0 Å². The van der Waals surface area contributed by atoms with Crippen molar-refractivity contribution in [3.63, 3.8) is 0 Å². The van der Waals surface area contributed by atoms with Crippen LogP contribution in [0.3, 0.4) is 0 Å². The van der Waals surface area contributed by atoms with E-state index in [1.807, 2.05) is 18.2 Å². The molecule has 1 aromatic rings. The largest absolute Gasteiger partial charge is 0.393 e. The van der Waals surface area contributed by atoms with Gasteiger partial charge in [0.25, 0.3) is 0 Å². The molecule has 1 rings (SSSR count). The van der Waals surface area contributed by atoms with E-state index in [1.54, 1.807) is 0 Å². The van der Waals surface area contributed by atoms with Crippen molar-refractivity contribution in [2.24, 2.45) is 0 Å². The normalized spacial score (nSPS) is 12.4. The molecule has 0 saturated heterocycles. The van der Waals surface area contributed by atoms with E-state index in [9.17, 15) is 5.11 Å². The van der Waals surface area contributed by atoms with Gasteiger partial charge in [0, 0.05) is 11.8 Å². The molecule has 0 aromatic heterocycles. The lowest BCUT2D eigenvalue weighted by Gasteiger charge is -2.06. The molecule has 0 aliphatic heterocycles. The number of aliphatic hydroxyl groups is 1. The molecule has 2 heteroatoms. The average Bonchev–Trinajstić information content (AvgIpc) is 2.17. The lowest BCUT2D eigenvalue weighted by atomic mass is 10.1. The number of rotatable bonds is 5. The minimum absolute atomic E-state index is 0.335. The first-order chi connectivity index (χ1) is 6.33. The van der Waals surface area contributed by atoms with E-state index in [0.29, 0.717) is 6.42 Å². The summed E-state index contributed by atoms with van der Waals surface area (Å²) in [5.74, 6) is 0. The fourth-order valence-corrected chi connectivity index (χ4v) is 1.37. The number of hydrogen-bond donors (Lipinski definition) is 1.